The van der Waals surface area contributed by atoms with Gasteiger partial charge in [0.25, 0.3) is 0 Å². The lowest BCUT2D eigenvalue weighted by molar-refractivity contribution is 0.233. The second-order valence-corrected chi connectivity index (χ2v) is 2.25. The highest BCUT2D eigenvalue weighted by atomic mass is 16.3. The fraction of sp³-hybridized carbons (Fsp3) is 0.222. The van der Waals surface area contributed by atoms with Crippen LogP contribution in [0.25, 0.3) is 0 Å². The Morgan fingerprint density at radius 2 is 2.55 bits per heavy atom. The molecule has 0 bridgehead atoms. The van der Waals surface area contributed by atoms with Crippen molar-refractivity contribution < 1.29 is 5.11 Å². The molecule has 2 nitrogen and oxygen atoms in total. The summed E-state index contributed by atoms with van der Waals surface area (Å²) in [5.41, 5.74) is 0.956. The summed E-state index contributed by atoms with van der Waals surface area (Å²) >= 11 is 0. The number of aliphatic hydroxyl groups excluding tert-OH is 1. The van der Waals surface area contributed by atoms with Gasteiger partial charge in [-0.3, -0.25) is 4.98 Å². The molecule has 0 amide bonds. The van der Waals surface area contributed by atoms with Gasteiger partial charge < -0.3 is 5.11 Å². The predicted octanol–water partition coefficient (Wildman–Crippen LogP) is 0.618. The molecule has 0 fully saturated rings. The van der Waals surface area contributed by atoms with Crippen LogP contribution in [-0.2, 0) is 6.42 Å². The van der Waals surface area contributed by atoms with Crippen molar-refractivity contribution in [3.05, 3.63) is 30.1 Å². The molecule has 0 radical (unpaired) electrons. The molecule has 0 aliphatic carbocycles. The third kappa shape index (κ3) is 2.40. The number of pyridine rings is 1. The van der Waals surface area contributed by atoms with E-state index in [2.05, 4.69) is 10.9 Å². The first-order chi connectivity index (χ1) is 5.33. The average Bonchev–Trinajstić information content (AvgIpc) is 2.06. The predicted molar refractivity (Wildman–Crippen MR) is 42.8 cm³/mol. The number of nitrogens with zero attached hydrogens (tertiary/aromatic N) is 1. The van der Waals surface area contributed by atoms with E-state index in [-0.39, 0.29) is 0 Å². The molecule has 56 valence electrons. The topological polar surface area (TPSA) is 33.1 Å². The fourth-order valence-electron chi connectivity index (χ4n) is 0.801. The quantitative estimate of drug-likeness (QED) is 0.622. The van der Waals surface area contributed by atoms with Crippen LogP contribution in [0.15, 0.2) is 24.5 Å². The lowest BCUT2D eigenvalue weighted by Crippen LogP contribution is -2.06. The minimum Gasteiger partial charge on any atom is -0.380 e. The highest BCUT2D eigenvalue weighted by molar-refractivity contribution is 5.12. The zero-order valence-electron chi connectivity index (χ0n) is 6.07. The minimum atomic E-state index is -0.695. The van der Waals surface area contributed by atoms with Crippen molar-refractivity contribution in [2.75, 3.05) is 0 Å². The molecule has 0 aromatic carbocycles. The van der Waals surface area contributed by atoms with Gasteiger partial charge in [-0.05, 0) is 11.6 Å². The van der Waals surface area contributed by atoms with Crippen LogP contribution in [0.3, 0.4) is 0 Å². The number of aliphatic hydroxyl groups is 1. The molecule has 1 atom stereocenters. The molecule has 1 N–H and O–H groups in total. The van der Waals surface area contributed by atoms with Crippen LogP contribution in [0.4, 0.5) is 0 Å². The molecule has 1 rings (SSSR count). The van der Waals surface area contributed by atoms with Crippen molar-refractivity contribution in [3.63, 3.8) is 0 Å². The summed E-state index contributed by atoms with van der Waals surface area (Å²) in [6.45, 7) is 0. The largest absolute Gasteiger partial charge is 0.380 e. The molecule has 11 heavy (non-hydrogen) atoms. The maximum absolute atomic E-state index is 9.05. The summed E-state index contributed by atoms with van der Waals surface area (Å²) in [6.07, 6.45) is 8.16. The smallest absolute Gasteiger partial charge is 0.118 e. The summed E-state index contributed by atoms with van der Waals surface area (Å²) in [4.78, 5) is 3.89. The van der Waals surface area contributed by atoms with E-state index in [0.717, 1.165) is 5.56 Å². The molecule has 1 heterocycles. The third-order valence-corrected chi connectivity index (χ3v) is 1.34. The molecular weight excluding hydrogens is 138 g/mol. The average molecular weight is 147 g/mol. The highest BCUT2D eigenvalue weighted by Crippen LogP contribution is 1.99. The van der Waals surface area contributed by atoms with E-state index in [1.165, 1.54) is 0 Å². The Kier molecular flexibility index (Phi) is 2.65. The van der Waals surface area contributed by atoms with Crippen LogP contribution in [-0.4, -0.2) is 16.2 Å². The Labute approximate surface area is 65.9 Å². The Bertz CT molecular complexity index is 250. The Balaban J connectivity index is 2.60. The van der Waals surface area contributed by atoms with Gasteiger partial charge in [-0.1, -0.05) is 12.0 Å². The van der Waals surface area contributed by atoms with Crippen molar-refractivity contribution in [1.29, 1.82) is 0 Å². The fourth-order valence-corrected chi connectivity index (χ4v) is 0.801. The summed E-state index contributed by atoms with van der Waals surface area (Å²) in [5, 5.41) is 9.05. The first-order valence-electron chi connectivity index (χ1n) is 3.36. The van der Waals surface area contributed by atoms with Crippen molar-refractivity contribution in [1.82, 2.24) is 4.98 Å². The van der Waals surface area contributed by atoms with Crippen molar-refractivity contribution >= 4 is 0 Å². The zero-order valence-corrected chi connectivity index (χ0v) is 6.07. The molecule has 1 unspecified atom stereocenters. The van der Waals surface area contributed by atoms with Gasteiger partial charge in [-0.2, -0.15) is 0 Å². The van der Waals surface area contributed by atoms with Gasteiger partial charge in [0.05, 0.1) is 0 Å². The number of aromatic nitrogens is 1. The van der Waals surface area contributed by atoms with Crippen LogP contribution >= 0.6 is 0 Å². The molecule has 0 saturated heterocycles. The van der Waals surface area contributed by atoms with E-state index in [9.17, 15) is 0 Å². The standard InChI is InChI=1S/C9H9NO/c1-2-9(11)6-8-4-3-5-10-7-8/h1,3-5,7,9,11H,6H2. The molecule has 1 aromatic rings. The molecule has 0 spiro atoms. The second-order valence-electron chi connectivity index (χ2n) is 2.25. The summed E-state index contributed by atoms with van der Waals surface area (Å²) < 4.78 is 0. The maximum Gasteiger partial charge on any atom is 0.118 e. The van der Waals surface area contributed by atoms with Gasteiger partial charge in [0.15, 0.2) is 0 Å². The van der Waals surface area contributed by atoms with E-state index >= 15 is 0 Å². The number of terminal acetylenes is 1. The molecule has 2 heteroatoms. The SMILES string of the molecule is C#CC(O)Cc1cccnc1. The maximum atomic E-state index is 9.05. The minimum absolute atomic E-state index is 0.477. The highest BCUT2D eigenvalue weighted by Gasteiger charge is 1.99. The Morgan fingerprint density at radius 1 is 1.73 bits per heavy atom. The van der Waals surface area contributed by atoms with Crippen LogP contribution in [0.2, 0.25) is 0 Å². The molecule has 0 saturated carbocycles. The third-order valence-electron chi connectivity index (χ3n) is 1.34. The van der Waals surface area contributed by atoms with Crippen molar-refractivity contribution in [2.45, 2.75) is 12.5 Å². The van der Waals surface area contributed by atoms with Gasteiger partial charge in [0, 0.05) is 18.8 Å². The summed E-state index contributed by atoms with van der Waals surface area (Å²) in [7, 11) is 0. The first-order valence-corrected chi connectivity index (χ1v) is 3.36. The van der Waals surface area contributed by atoms with Gasteiger partial charge in [0.2, 0.25) is 0 Å². The van der Waals surface area contributed by atoms with Crippen molar-refractivity contribution in [3.8, 4) is 12.3 Å². The lowest BCUT2D eigenvalue weighted by Gasteiger charge is -2.00. The number of hydrogen-bond donors (Lipinski definition) is 1. The summed E-state index contributed by atoms with van der Waals surface area (Å²) in [6, 6.07) is 3.70. The molecule has 1 aromatic heterocycles. The normalized spacial score (nSPS) is 12.0. The molecule has 0 aliphatic heterocycles. The van der Waals surface area contributed by atoms with Crippen LogP contribution < -0.4 is 0 Å². The van der Waals surface area contributed by atoms with E-state index in [1.54, 1.807) is 12.4 Å². The van der Waals surface area contributed by atoms with E-state index < -0.39 is 6.10 Å². The van der Waals surface area contributed by atoms with E-state index in [4.69, 9.17) is 11.5 Å². The van der Waals surface area contributed by atoms with Gasteiger partial charge >= 0.3 is 0 Å². The summed E-state index contributed by atoms with van der Waals surface area (Å²) in [5.74, 6) is 2.24. The van der Waals surface area contributed by atoms with Crippen LogP contribution in [0.1, 0.15) is 5.56 Å². The van der Waals surface area contributed by atoms with Gasteiger partial charge in [-0.25, -0.2) is 0 Å². The zero-order chi connectivity index (χ0) is 8.10. The van der Waals surface area contributed by atoms with Gasteiger partial charge in [-0.15, -0.1) is 6.42 Å². The Morgan fingerprint density at radius 3 is 3.09 bits per heavy atom. The first kappa shape index (κ1) is 7.77. The molecule has 0 aliphatic rings. The second kappa shape index (κ2) is 3.75. The van der Waals surface area contributed by atoms with Crippen LogP contribution in [0, 0.1) is 12.3 Å². The van der Waals surface area contributed by atoms with Gasteiger partial charge in [0.1, 0.15) is 6.10 Å². The Hall–Kier alpha value is -1.33. The number of rotatable bonds is 2. The molecular formula is C9H9NO. The van der Waals surface area contributed by atoms with Crippen molar-refractivity contribution in [2.24, 2.45) is 0 Å². The van der Waals surface area contributed by atoms with E-state index in [0.29, 0.717) is 6.42 Å². The monoisotopic (exact) mass is 147 g/mol. The van der Waals surface area contributed by atoms with E-state index in [1.807, 2.05) is 12.1 Å². The lowest BCUT2D eigenvalue weighted by atomic mass is 10.1. The van der Waals surface area contributed by atoms with Crippen LogP contribution in [0.5, 0.6) is 0 Å². The number of hydrogen-bond acceptors (Lipinski definition) is 2.